The van der Waals surface area contributed by atoms with E-state index in [4.69, 9.17) is 18.9 Å². The Bertz CT molecular complexity index is 1670. The van der Waals surface area contributed by atoms with Crippen LogP contribution in [0.4, 0.5) is 0 Å². The van der Waals surface area contributed by atoms with Gasteiger partial charge in [0.25, 0.3) is 0 Å². The molecule has 1 aromatic heterocycles. The number of methoxy groups -OCH3 is 2. The Morgan fingerprint density at radius 2 is 1.74 bits per heavy atom. The Kier molecular flexibility index (Phi) is 4.37. The molecule has 0 saturated heterocycles. The fraction of sp³-hybridized carbons (Fsp3) is 0.233. The van der Waals surface area contributed by atoms with Gasteiger partial charge in [-0.3, -0.25) is 0 Å². The van der Waals surface area contributed by atoms with Gasteiger partial charge in [0.2, 0.25) is 18.0 Å². The molecule has 35 heavy (non-hydrogen) atoms. The summed E-state index contributed by atoms with van der Waals surface area (Å²) in [5, 5.41) is 5.94. The molecule has 0 atom stereocenters. The second-order valence-electron chi connectivity index (χ2n) is 9.14. The zero-order valence-corrected chi connectivity index (χ0v) is 20.1. The van der Waals surface area contributed by atoms with Gasteiger partial charge >= 0.3 is 0 Å². The van der Waals surface area contributed by atoms with E-state index in [9.17, 15) is 0 Å². The Morgan fingerprint density at radius 1 is 0.886 bits per heavy atom. The van der Waals surface area contributed by atoms with E-state index in [1.165, 1.54) is 32.8 Å². The van der Waals surface area contributed by atoms with Gasteiger partial charge in [0.1, 0.15) is 5.39 Å². The standard InChI is InChI=1S/C30H26NO4/c1-4-17-14-21-20-10-11-22(32-2)29(33-3)26(20)27(18-8-6-5-7-9-18)31-13-12-19-15-23-30(35-16-34-23)25(17)24(19)28(21)31/h5-11,14-15H,4,12-13,16H2,1-3H3/q+1. The summed E-state index contributed by atoms with van der Waals surface area (Å²) in [6, 6.07) is 19.3. The fourth-order valence-corrected chi connectivity index (χ4v) is 6.07. The van der Waals surface area contributed by atoms with E-state index in [2.05, 4.69) is 60.0 Å². The van der Waals surface area contributed by atoms with Crippen LogP contribution in [0.25, 0.3) is 43.7 Å². The molecule has 5 nitrogen and oxygen atoms in total. The van der Waals surface area contributed by atoms with E-state index < -0.39 is 0 Å². The summed E-state index contributed by atoms with van der Waals surface area (Å²) in [6.07, 6.45) is 1.83. The number of aryl methyl sites for hydroxylation is 3. The maximum atomic E-state index is 6.02. The van der Waals surface area contributed by atoms with Crippen LogP contribution in [0, 0.1) is 0 Å². The number of aromatic nitrogens is 1. The third-order valence-corrected chi connectivity index (χ3v) is 7.52. The molecular weight excluding hydrogens is 438 g/mol. The van der Waals surface area contributed by atoms with Gasteiger partial charge < -0.3 is 18.9 Å². The van der Waals surface area contributed by atoms with Crippen molar-refractivity contribution in [3.8, 4) is 34.3 Å². The predicted molar refractivity (Wildman–Crippen MR) is 137 cm³/mol. The second-order valence-corrected chi connectivity index (χ2v) is 9.14. The molecule has 0 bridgehead atoms. The van der Waals surface area contributed by atoms with Crippen molar-refractivity contribution in [2.45, 2.75) is 26.3 Å². The summed E-state index contributed by atoms with van der Waals surface area (Å²) >= 11 is 0. The van der Waals surface area contributed by atoms with Crippen LogP contribution in [0.15, 0.2) is 54.6 Å². The van der Waals surface area contributed by atoms with E-state index in [0.29, 0.717) is 0 Å². The van der Waals surface area contributed by atoms with Crippen LogP contribution < -0.4 is 23.5 Å². The Morgan fingerprint density at radius 3 is 2.51 bits per heavy atom. The average Bonchev–Trinajstić information content (AvgIpc) is 3.38. The number of fused-ring (bicyclic) bond motifs is 4. The third kappa shape index (κ3) is 2.66. The minimum atomic E-state index is 0.277. The molecule has 0 amide bonds. The molecule has 0 N–H and O–H groups in total. The van der Waals surface area contributed by atoms with Crippen LogP contribution in [0.2, 0.25) is 0 Å². The first-order valence-electron chi connectivity index (χ1n) is 12.1. The van der Waals surface area contributed by atoms with Gasteiger partial charge in [0.15, 0.2) is 29.5 Å². The lowest BCUT2D eigenvalue weighted by atomic mass is 9.87. The summed E-state index contributed by atoms with van der Waals surface area (Å²) in [5.74, 6) is 3.25. The van der Waals surface area contributed by atoms with Crippen molar-refractivity contribution in [1.29, 1.82) is 0 Å². The van der Waals surface area contributed by atoms with Crippen molar-refractivity contribution < 1.29 is 23.5 Å². The molecule has 2 aliphatic rings. The summed E-state index contributed by atoms with van der Waals surface area (Å²) in [4.78, 5) is 0. The fourth-order valence-electron chi connectivity index (χ4n) is 6.07. The number of pyridine rings is 1. The second kappa shape index (κ2) is 7.51. The van der Waals surface area contributed by atoms with Crippen molar-refractivity contribution in [1.82, 2.24) is 0 Å². The number of hydrogen-bond donors (Lipinski definition) is 0. The molecule has 0 saturated carbocycles. The zero-order valence-electron chi connectivity index (χ0n) is 20.1. The largest absolute Gasteiger partial charge is 0.493 e. The summed E-state index contributed by atoms with van der Waals surface area (Å²) in [6.45, 7) is 3.35. The molecule has 4 aromatic carbocycles. The maximum Gasteiger partial charge on any atom is 0.231 e. The van der Waals surface area contributed by atoms with E-state index in [1.807, 2.05) is 6.07 Å². The van der Waals surface area contributed by atoms with E-state index >= 15 is 0 Å². The highest BCUT2D eigenvalue weighted by Gasteiger charge is 2.35. The highest BCUT2D eigenvalue weighted by Crippen LogP contribution is 2.49. The molecule has 7 rings (SSSR count). The van der Waals surface area contributed by atoms with Gasteiger partial charge in [-0.1, -0.05) is 25.1 Å². The highest BCUT2D eigenvalue weighted by atomic mass is 16.7. The van der Waals surface area contributed by atoms with Crippen LogP contribution in [-0.4, -0.2) is 21.0 Å². The SMILES string of the molecule is CCc1cc2c3ccc(OC)c(OC)c3c(-c3ccccc3)[n+]3c2c2c(cc4c(c12)OCO4)CC3. The van der Waals surface area contributed by atoms with Crippen molar-refractivity contribution in [3.05, 3.63) is 65.7 Å². The lowest BCUT2D eigenvalue weighted by Crippen LogP contribution is -2.41. The Balaban J connectivity index is 1.79. The normalized spacial score (nSPS) is 13.8. The van der Waals surface area contributed by atoms with E-state index in [1.54, 1.807) is 14.2 Å². The number of benzene rings is 4. The Hall–Kier alpha value is -3.99. The van der Waals surface area contributed by atoms with Crippen LogP contribution in [0.5, 0.6) is 23.0 Å². The molecular formula is C30H26NO4+. The highest BCUT2D eigenvalue weighted by molar-refractivity contribution is 6.20. The first-order valence-corrected chi connectivity index (χ1v) is 12.1. The molecule has 0 unspecified atom stereocenters. The topological polar surface area (TPSA) is 40.8 Å². The minimum absolute atomic E-state index is 0.277. The van der Waals surface area contributed by atoms with Crippen LogP contribution in [0.3, 0.4) is 0 Å². The number of ether oxygens (including phenoxy) is 4. The quantitative estimate of drug-likeness (QED) is 0.243. The zero-order chi connectivity index (χ0) is 23.7. The van der Waals surface area contributed by atoms with Gasteiger partial charge in [-0.2, -0.15) is 4.57 Å². The van der Waals surface area contributed by atoms with Crippen LogP contribution in [-0.2, 0) is 19.4 Å². The lowest BCUT2D eigenvalue weighted by Gasteiger charge is -2.22. The van der Waals surface area contributed by atoms with Gasteiger partial charge in [-0.15, -0.1) is 0 Å². The third-order valence-electron chi connectivity index (χ3n) is 7.52. The average molecular weight is 465 g/mol. The predicted octanol–water partition coefficient (Wildman–Crippen LogP) is 5.97. The number of hydrogen-bond acceptors (Lipinski definition) is 4. The molecule has 174 valence electrons. The van der Waals surface area contributed by atoms with E-state index in [0.717, 1.165) is 64.4 Å². The molecule has 3 heterocycles. The van der Waals surface area contributed by atoms with Crippen LogP contribution in [0.1, 0.15) is 18.1 Å². The van der Waals surface area contributed by atoms with Crippen molar-refractivity contribution in [2.24, 2.45) is 0 Å². The number of rotatable bonds is 4. The molecule has 0 radical (unpaired) electrons. The Labute approximate surface area is 203 Å². The monoisotopic (exact) mass is 464 g/mol. The van der Waals surface area contributed by atoms with E-state index in [-0.39, 0.29) is 6.79 Å². The molecule has 0 aliphatic carbocycles. The molecule has 2 aliphatic heterocycles. The molecule has 5 heteroatoms. The lowest BCUT2D eigenvalue weighted by molar-refractivity contribution is -0.659. The summed E-state index contributed by atoms with van der Waals surface area (Å²) in [5.41, 5.74) is 6.15. The maximum absolute atomic E-state index is 6.02. The smallest absolute Gasteiger partial charge is 0.231 e. The molecule has 5 aromatic rings. The first kappa shape index (κ1) is 20.4. The van der Waals surface area contributed by atoms with Gasteiger partial charge in [-0.25, -0.2) is 0 Å². The summed E-state index contributed by atoms with van der Waals surface area (Å²) < 4.78 is 26.1. The minimum Gasteiger partial charge on any atom is -0.493 e. The van der Waals surface area contributed by atoms with Gasteiger partial charge in [0.05, 0.1) is 25.0 Å². The first-order chi connectivity index (χ1) is 17.2. The van der Waals surface area contributed by atoms with Crippen molar-refractivity contribution >= 4 is 32.4 Å². The van der Waals surface area contributed by atoms with Gasteiger partial charge in [-0.05, 0) is 53.9 Å². The van der Waals surface area contributed by atoms with Gasteiger partial charge in [0, 0.05) is 22.8 Å². The molecule has 0 fully saturated rings. The number of nitrogens with zero attached hydrogens (tertiary/aromatic N) is 1. The van der Waals surface area contributed by atoms with Crippen LogP contribution >= 0.6 is 0 Å². The van der Waals surface area contributed by atoms with Crippen molar-refractivity contribution in [2.75, 3.05) is 21.0 Å². The summed E-state index contributed by atoms with van der Waals surface area (Å²) in [7, 11) is 3.42. The van der Waals surface area contributed by atoms with Crippen molar-refractivity contribution in [3.63, 3.8) is 0 Å². The molecule has 0 spiro atoms.